The lowest BCUT2D eigenvalue weighted by Crippen LogP contribution is -2.39. The molecule has 0 aromatic heterocycles. The van der Waals surface area contributed by atoms with E-state index in [2.05, 4.69) is 5.32 Å². The Bertz CT molecular complexity index is 622. The predicted molar refractivity (Wildman–Crippen MR) is 75.0 cm³/mol. The van der Waals surface area contributed by atoms with E-state index in [9.17, 15) is 4.39 Å². The number of nitrogens with one attached hydrogen (secondary N) is 1. The summed E-state index contributed by atoms with van der Waals surface area (Å²) in [6.07, 6.45) is 0. The van der Waals surface area contributed by atoms with Crippen molar-refractivity contribution < 1.29 is 9.13 Å². The van der Waals surface area contributed by atoms with E-state index in [1.165, 1.54) is 12.1 Å². The van der Waals surface area contributed by atoms with E-state index >= 15 is 0 Å². The van der Waals surface area contributed by atoms with Crippen molar-refractivity contribution in [2.24, 2.45) is 0 Å². The van der Waals surface area contributed by atoms with E-state index in [4.69, 9.17) is 4.74 Å². The van der Waals surface area contributed by atoms with Gasteiger partial charge in [0.2, 0.25) is 0 Å². The summed E-state index contributed by atoms with van der Waals surface area (Å²) in [6, 6.07) is 12.5. The van der Waals surface area contributed by atoms with Gasteiger partial charge in [-0.25, -0.2) is 4.39 Å². The first-order valence-corrected chi connectivity index (χ1v) is 6.36. The minimum Gasteiger partial charge on any atom is -0.484 e. The van der Waals surface area contributed by atoms with E-state index in [0.717, 1.165) is 29.1 Å². The summed E-state index contributed by atoms with van der Waals surface area (Å²) in [5.74, 6) is 0.622. The molecule has 2 nitrogen and oxygen atoms in total. The third-order valence-corrected chi connectivity index (χ3v) is 3.23. The Kier molecular flexibility index (Phi) is 2.70. The van der Waals surface area contributed by atoms with Crippen LogP contribution in [0.25, 0.3) is 11.1 Å². The highest BCUT2D eigenvalue weighted by Gasteiger charge is 2.26. The van der Waals surface area contributed by atoms with Gasteiger partial charge in [0.1, 0.15) is 17.2 Å². The monoisotopic (exact) mass is 257 g/mol. The molecule has 0 fully saturated rings. The number of rotatable bonds is 1. The Morgan fingerprint density at radius 2 is 1.89 bits per heavy atom. The van der Waals surface area contributed by atoms with Gasteiger partial charge in [-0.3, -0.25) is 0 Å². The fraction of sp³-hybridized carbons (Fsp3) is 0.250. The number of hydrogen-bond donors (Lipinski definition) is 1. The fourth-order valence-corrected chi connectivity index (χ4v) is 2.25. The highest BCUT2D eigenvalue weighted by atomic mass is 19.1. The number of hydrogen-bond acceptors (Lipinski definition) is 2. The van der Waals surface area contributed by atoms with Crippen LogP contribution in [0.15, 0.2) is 42.5 Å². The summed E-state index contributed by atoms with van der Waals surface area (Å²) < 4.78 is 19.2. The van der Waals surface area contributed by atoms with Gasteiger partial charge in [-0.15, -0.1) is 0 Å². The van der Waals surface area contributed by atoms with Crippen LogP contribution in [0.5, 0.6) is 5.75 Å². The summed E-state index contributed by atoms with van der Waals surface area (Å²) in [5, 5.41) is 3.36. The normalized spacial score (nSPS) is 16.2. The molecule has 1 N–H and O–H groups in total. The number of anilines is 1. The van der Waals surface area contributed by atoms with E-state index in [1.54, 1.807) is 6.07 Å². The molecule has 1 aliphatic rings. The van der Waals surface area contributed by atoms with Crippen molar-refractivity contribution in [3.63, 3.8) is 0 Å². The minimum atomic E-state index is -0.222. The standard InChI is InChI=1S/C16H16FNO/c1-16(2)10-18-14-9-12(6-7-15(14)19-16)11-4-3-5-13(17)8-11/h3-9,18H,10H2,1-2H3. The smallest absolute Gasteiger partial charge is 0.143 e. The molecule has 0 atom stereocenters. The van der Waals surface area contributed by atoms with Crippen LogP contribution in [0, 0.1) is 5.82 Å². The van der Waals surface area contributed by atoms with E-state index < -0.39 is 0 Å². The van der Waals surface area contributed by atoms with Gasteiger partial charge in [0.05, 0.1) is 12.2 Å². The third kappa shape index (κ3) is 2.41. The highest BCUT2D eigenvalue weighted by molar-refractivity contribution is 5.72. The molecule has 0 unspecified atom stereocenters. The first-order valence-electron chi connectivity index (χ1n) is 6.36. The number of fused-ring (bicyclic) bond motifs is 1. The molecule has 0 spiro atoms. The van der Waals surface area contributed by atoms with Gasteiger partial charge < -0.3 is 10.1 Å². The molecule has 0 amide bonds. The first-order chi connectivity index (χ1) is 9.03. The molecular formula is C16H16FNO. The van der Waals surface area contributed by atoms with Crippen LogP contribution in [0.2, 0.25) is 0 Å². The number of halogens is 1. The van der Waals surface area contributed by atoms with Crippen molar-refractivity contribution in [2.75, 3.05) is 11.9 Å². The van der Waals surface area contributed by atoms with Gasteiger partial charge in [0, 0.05) is 0 Å². The van der Waals surface area contributed by atoms with Crippen LogP contribution in [0.3, 0.4) is 0 Å². The second-order valence-corrected chi connectivity index (χ2v) is 5.44. The molecule has 0 saturated carbocycles. The van der Waals surface area contributed by atoms with Crippen molar-refractivity contribution in [1.82, 2.24) is 0 Å². The largest absolute Gasteiger partial charge is 0.484 e. The van der Waals surface area contributed by atoms with Gasteiger partial charge in [-0.2, -0.15) is 0 Å². The zero-order valence-corrected chi connectivity index (χ0v) is 11.0. The average Bonchev–Trinajstić information content (AvgIpc) is 2.37. The molecule has 0 bridgehead atoms. The van der Waals surface area contributed by atoms with E-state index in [1.807, 2.05) is 38.1 Å². The van der Waals surface area contributed by atoms with Crippen molar-refractivity contribution in [3.8, 4) is 16.9 Å². The summed E-state index contributed by atoms with van der Waals surface area (Å²) in [6.45, 7) is 4.85. The molecule has 3 rings (SSSR count). The second kappa shape index (κ2) is 4.26. The zero-order chi connectivity index (χ0) is 13.5. The first kappa shape index (κ1) is 12.0. The van der Waals surface area contributed by atoms with Crippen LogP contribution in [-0.4, -0.2) is 12.1 Å². The maximum absolute atomic E-state index is 13.3. The molecule has 0 radical (unpaired) electrons. The molecular weight excluding hydrogens is 241 g/mol. The Hall–Kier alpha value is -2.03. The second-order valence-electron chi connectivity index (χ2n) is 5.44. The molecule has 1 heterocycles. The molecule has 19 heavy (non-hydrogen) atoms. The Morgan fingerprint density at radius 3 is 2.68 bits per heavy atom. The highest BCUT2D eigenvalue weighted by Crippen LogP contribution is 2.36. The van der Waals surface area contributed by atoms with E-state index in [0.29, 0.717) is 0 Å². The van der Waals surface area contributed by atoms with Crippen LogP contribution in [0.1, 0.15) is 13.8 Å². The lowest BCUT2D eigenvalue weighted by molar-refractivity contribution is 0.116. The molecule has 98 valence electrons. The summed E-state index contributed by atoms with van der Waals surface area (Å²) in [5.41, 5.74) is 2.61. The molecule has 0 aliphatic carbocycles. The van der Waals surface area contributed by atoms with Crippen LogP contribution in [-0.2, 0) is 0 Å². The Labute approximate surface area is 112 Å². The summed E-state index contributed by atoms with van der Waals surface area (Å²) in [7, 11) is 0. The van der Waals surface area contributed by atoms with Crippen LogP contribution < -0.4 is 10.1 Å². The van der Waals surface area contributed by atoms with Gasteiger partial charge in [0.25, 0.3) is 0 Å². The molecule has 0 saturated heterocycles. The number of benzene rings is 2. The van der Waals surface area contributed by atoms with Gasteiger partial charge in [-0.05, 0) is 49.2 Å². The topological polar surface area (TPSA) is 21.3 Å². The molecule has 2 aromatic rings. The minimum absolute atomic E-state index is 0.201. The number of ether oxygens (including phenoxy) is 1. The van der Waals surface area contributed by atoms with Crippen LogP contribution >= 0.6 is 0 Å². The third-order valence-electron chi connectivity index (χ3n) is 3.23. The van der Waals surface area contributed by atoms with Crippen molar-refractivity contribution in [3.05, 3.63) is 48.3 Å². The predicted octanol–water partition coefficient (Wildman–Crippen LogP) is 4.08. The quantitative estimate of drug-likeness (QED) is 0.831. The Morgan fingerprint density at radius 1 is 1.11 bits per heavy atom. The summed E-state index contributed by atoms with van der Waals surface area (Å²) in [4.78, 5) is 0. The SMILES string of the molecule is CC1(C)CNc2cc(-c3cccc(F)c3)ccc2O1. The van der Waals surface area contributed by atoms with Crippen molar-refractivity contribution >= 4 is 5.69 Å². The molecule has 2 aromatic carbocycles. The lowest BCUT2D eigenvalue weighted by atomic mass is 10.0. The van der Waals surface area contributed by atoms with Crippen molar-refractivity contribution in [1.29, 1.82) is 0 Å². The van der Waals surface area contributed by atoms with Crippen molar-refractivity contribution in [2.45, 2.75) is 19.4 Å². The van der Waals surface area contributed by atoms with E-state index in [-0.39, 0.29) is 11.4 Å². The maximum Gasteiger partial charge on any atom is 0.143 e. The molecule has 1 aliphatic heterocycles. The fourth-order valence-electron chi connectivity index (χ4n) is 2.25. The maximum atomic E-state index is 13.3. The van der Waals surface area contributed by atoms with Gasteiger partial charge >= 0.3 is 0 Å². The molecule has 3 heteroatoms. The zero-order valence-electron chi connectivity index (χ0n) is 11.0. The van der Waals surface area contributed by atoms with Crippen LogP contribution in [0.4, 0.5) is 10.1 Å². The van der Waals surface area contributed by atoms with Gasteiger partial charge in [-0.1, -0.05) is 18.2 Å². The van der Waals surface area contributed by atoms with Gasteiger partial charge in [0.15, 0.2) is 0 Å². The average molecular weight is 257 g/mol. The Balaban J connectivity index is 1.99. The summed E-state index contributed by atoms with van der Waals surface area (Å²) >= 11 is 0. The lowest BCUT2D eigenvalue weighted by Gasteiger charge is -2.33.